The first-order valence-corrected chi connectivity index (χ1v) is 8.15. The van der Waals surface area contributed by atoms with Crippen molar-refractivity contribution in [3.05, 3.63) is 0 Å². The number of rotatable bonds is 9. The van der Waals surface area contributed by atoms with Crippen molar-refractivity contribution in [2.75, 3.05) is 25.4 Å². The molecule has 2 atom stereocenters. The molecule has 0 saturated carbocycles. The summed E-state index contributed by atoms with van der Waals surface area (Å²) in [7, 11) is 0. The number of unbranched alkanes of at least 4 members (excludes halogenated alkanes) is 1. The van der Waals surface area contributed by atoms with E-state index in [-0.39, 0.29) is 18.8 Å². The van der Waals surface area contributed by atoms with Crippen LogP contribution in [-0.2, 0) is 19.2 Å². The first kappa shape index (κ1) is 32.7. The zero-order valence-corrected chi connectivity index (χ0v) is 15.8. The summed E-state index contributed by atoms with van der Waals surface area (Å²) in [6.45, 7) is 0.0480. The molecule has 2 unspecified atom stereocenters. The van der Waals surface area contributed by atoms with Gasteiger partial charge in [0.05, 0.1) is 13.1 Å². The molecule has 13 nitrogen and oxygen atoms in total. The molecular weight excluding hydrogens is 386 g/mol. The second-order valence-electron chi connectivity index (χ2n) is 4.55. The number of nitrogens with two attached hydrogens (primary N) is 5. The van der Waals surface area contributed by atoms with E-state index >= 15 is 0 Å². The fraction of sp³-hybridized carbons (Fsp3) is 0.692. The number of aliphatic carboxylic acids is 4. The summed E-state index contributed by atoms with van der Waals surface area (Å²) in [6.07, 6.45) is 2.16. The minimum atomic E-state index is -1.00. The van der Waals surface area contributed by atoms with Gasteiger partial charge in [-0.15, -0.1) is 0 Å². The van der Waals surface area contributed by atoms with E-state index in [1.54, 1.807) is 0 Å². The van der Waals surface area contributed by atoms with Crippen molar-refractivity contribution in [3.8, 4) is 0 Å². The lowest BCUT2D eigenvalue weighted by atomic mass is 10.1. The molecule has 162 valence electrons. The van der Waals surface area contributed by atoms with Gasteiger partial charge in [0.1, 0.15) is 12.1 Å². The molecule has 0 radical (unpaired) electrons. The Kier molecular flexibility index (Phi) is 29.1. The van der Waals surface area contributed by atoms with Crippen LogP contribution in [0.25, 0.3) is 0 Å². The van der Waals surface area contributed by atoms with E-state index in [4.69, 9.17) is 37.6 Å². The number of thiol groups is 1. The van der Waals surface area contributed by atoms with Crippen molar-refractivity contribution in [3.63, 3.8) is 0 Å². The Balaban J connectivity index is -0.000000137. The average Bonchev–Trinajstić information content (AvgIpc) is 2.62. The van der Waals surface area contributed by atoms with Crippen LogP contribution in [0.5, 0.6) is 0 Å². The Hall–Kier alpha value is -1.97. The monoisotopic (exact) mass is 417 g/mol. The van der Waals surface area contributed by atoms with Gasteiger partial charge in [0.2, 0.25) is 0 Å². The fourth-order valence-electron chi connectivity index (χ4n) is 0.710. The third kappa shape index (κ3) is 40.2. The molecular formula is C13H31N5O8S. The van der Waals surface area contributed by atoms with E-state index in [1.807, 2.05) is 0 Å². The molecule has 0 aromatic heterocycles. The van der Waals surface area contributed by atoms with Crippen LogP contribution >= 0.6 is 12.6 Å². The summed E-state index contributed by atoms with van der Waals surface area (Å²) >= 11 is 3.65. The topological polar surface area (TPSA) is 279 Å². The normalized spacial score (nSPS) is 11.0. The van der Waals surface area contributed by atoms with Crippen molar-refractivity contribution in [1.29, 1.82) is 0 Å². The molecule has 0 saturated heterocycles. The van der Waals surface area contributed by atoms with Crippen LogP contribution in [0.2, 0.25) is 0 Å². The first-order chi connectivity index (χ1) is 12.4. The molecule has 0 fully saturated rings. The SMILES string of the molecule is NC(CS)C(=O)O.NCC(=O)O.NCC(=O)O.NCCCCC(N)C(=O)O. The predicted molar refractivity (Wildman–Crippen MR) is 101 cm³/mol. The Morgan fingerprint density at radius 1 is 0.741 bits per heavy atom. The van der Waals surface area contributed by atoms with Gasteiger partial charge in [-0.3, -0.25) is 19.2 Å². The van der Waals surface area contributed by atoms with Crippen LogP contribution in [0.15, 0.2) is 0 Å². The molecule has 0 spiro atoms. The maximum atomic E-state index is 10.1. The Morgan fingerprint density at radius 2 is 1.07 bits per heavy atom. The van der Waals surface area contributed by atoms with Gasteiger partial charge in [-0.05, 0) is 19.4 Å². The lowest BCUT2D eigenvalue weighted by Crippen LogP contribution is -2.31. The van der Waals surface area contributed by atoms with Gasteiger partial charge in [0.15, 0.2) is 0 Å². The third-order valence-corrected chi connectivity index (χ3v) is 2.54. The van der Waals surface area contributed by atoms with Crippen LogP contribution in [0.4, 0.5) is 0 Å². The van der Waals surface area contributed by atoms with Crippen LogP contribution < -0.4 is 28.7 Å². The summed E-state index contributed by atoms with van der Waals surface area (Å²) in [5.41, 5.74) is 24.5. The summed E-state index contributed by atoms with van der Waals surface area (Å²) in [4.78, 5) is 38.4. The van der Waals surface area contributed by atoms with E-state index in [0.717, 1.165) is 12.8 Å². The molecule has 0 aromatic carbocycles. The van der Waals surface area contributed by atoms with Gasteiger partial charge in [-0.2, -0.15) is 12.6 Å². The minimum absolute atomic E-state index is 0.190. The maximum Gasteiger partial charge on any atom is 0.321 e. The smallest absolute Gasteiger partial charge is 0.321 e. The quantitative estimate of drug-likeness (QED) is 0.132. The van der Waals surface area contributed by atoms with E-state index in [9.17, 15) is 19.2 Å². The van der Waals surface area contributed by atoms with Crippen molar-refractivity contribution < 1.29 is 39.6 Å². The van der Waals surface area contributed by atoms with E-state index in [2.05, 4.69) is 24.1 Å². The third-order valence-electron chi connectivity index (χ3n) is 2.15. The standard InChI is InChI=1S/C6H14N2O2.C3H7NO2S.2C2H5NO2/c7-4-2-1-3-5(8)6(9)10;4-2(1-7)3(5)6;2*3-1-2(4)5/h5H,1-4,7-8H2,(H,9,10);2,7H,1,4H2,(H,5,6);2*1,3H2,(H,4,5). The molecule has 27 heavy (non-hydrogen) atoms. The van der Waals surface area contributed by atoms with Crippen molar-refractivity contribution in [2.24, 2.45) is 28.7 Å². The van der Waals surface area contributed by atoms with E-state index < -0.39 is 36.0 Å². The molecule has 14 heteroatoms. The van der Waals surface area contributed by atoms with Crippen molar-refractivity contribution >= 4 is 36.5 Å². The second kappa shape index (κ2) is 24.0. The average molecular weight is 417 g/mol. The van der Waals surface area contributed by atoms with Gasteiger partial charge in [-0.25, -0.2) is 0 Å². The zero-order valence-electron chi connectivity index (χ0n) is 14.9. The number of carbonyl (C=O) groups is 4. The molecule has 0 bridgehead atoms. The minimum Gasteiger partial charge on any atom is -0.480 e. The van der Waals surface area contributed by atoms with Gasteiger partial charge in [-0.1, -0.05) is 6.42 Å². The van der Waals surface area contributed by atoms with Gasteiger partial charge < -0.3 is 49.1 Å². The maximum absolute atomic E-state index is 10.1. The Morgan fingerprint density at radius 3 is 1.22 bits per heavy atom. The molecule has 0 rings (SSSR count). The lowest BCUT2D eigenvalue weighted by molar-refractivity contribution is -0.139. The van der Waals surface area contributed by atoms with Crippen molar-refractivity contribution in [1.82, 2.24) is 0 Å². The van der Waals surface area contributed by atoms with E-state index in [1.165, 1.54) is 0 Å². The van der Waals surface area contributed by atoms with Crippen LogP contribution in [0, 0.1) is 0 Å². The molecule has 0 amide bonds. The molecule has 0 aromatic rings. The summed E-state index contributed by atoms with van der Waals surface area (Å²) in [6, 6.07) is -1.53. The highest BCUT2D eigenvalue weighted by atomic mass is 32.1. The Labute approximate surface area is 162 Å². The molecule has 0 aliphatic heterocycles. The van der Waals surface area contributed by atoms with Crippen LogP contribution in [0.3, 0.4) is 0 Å². The first-order valence-electron chi connectivity index (χ1n) is 7.52. The molecule has 0 aliphatic carbocycles. The van der Waals surface area contributed by atoms with Crippen LogP contribution in [-0.4, -0.2) is 81.8 Å². The fourth-order valence-corrected chi connectivity index (χ4v) is 0.866. The van der Waals surface area contributed by atoms with Gasteiger partial charge in [0.25, 0.3) is 0 Å². The number of carboxylic acid groups (broad SMARTS) is 4. The highest BCUT2D eigenvalue weighted by Gasteiger charge is 2.09. The number of carboxylic acids is 4. The van der Waals surface area contributed by atoms with E-state index in [0.29, 0.717) is 13.0 Å². The zero-order chi connectivity index (χ0) is 22.4. The highest BCUT2D eigenvalue weighted by molar-refractivity contribution is 7.80. The highest BCUT2D eigenvalue weighted by Crippen LogP contribution is 1.96. The number of hydrogen-bond acceptors (Lipinski definition) is 10. The predicted octanol–water partition coefficient (Wildman–Crippen LogP) is -3.09. The molecule has 0 heterocycles. The van der Waals surface area contributed by atoms with Gasteiger partial charge in [0, 0.05) is 5.75 Å². The summed E-state index contributed by atoms with van der Waals surface area (Å²) in [5, 5.41) is 31.5. The second-order valence-corrected chi connectivity index (χ2v) is 4.92. The van der Waals surface area contributed by atoms with Crippen molar-refractivity contribution in [2.45, 2.75) is 31.3 Å². The molecule has 0 aliphatic rings. The van der Waals surface area contributed by atoms with Gasteiger partial charge >= 0.3 is 23.9 Å². The summed E-state index contributed by atoms with van der Waals surface area (Å²) < 4.78 is 0. The molecule has 14 N–H and O–H groups in total. The lowest BCUT2D eigenvalue weighted by Gasteiger charge is -2.03. The van der Waals surface area contributed by atoms with Crippen LogP contribution in [0.1, 0.15) is 19.3 Å². The Bertz CT molecular complexity index is 400. The number of hydrogen-bond donors (Lipinski definition) is 10. The largest absolute Gasteiger partial charge is 0.480 e. The summed E-state index contributed by atoms with van der Waals surface area (Å²) in [5.74, 6) is -3.68.